The van der Waals surface area contributed by atoms with Gasteiger partial charge >= 0.3 is 0 Å². The minimum atomic E-state index is -0.519. The van der Waals surface area contributed by atoms with E-state index in [9.17, 15) is 4.79 Å². The molecule has 0 spiro atoms. The molecule has 1 N–H and O–H groups in total. The molecular weight excluding hydrogens is 228 g/mol. The molecule has 18 heavy (non-hydrogen) atoms. The van der Waals surface area contributed by atoms with Crippen molar-refractivity contribution in [2.24, 2.45) is 5.92 Å². The molecule has 0 atom stereocenters. The van der Waals surface area contributed by atoms with Crippen LogP contribution in [0.5, 0.6) is 0 Å². The van der Waals surface area contributed by atoms with Crippen LogP contribution < -0.4 is 5.32 Å². The Morgan fingerprint density at radius 2 is 2.17 bits per heavy atom. The molecule has 0 aromatic carbocycles. The van der Waals surface area contributed by atoms with Crippen molar-refractivity contribution in [3.63, 3.8) is 0 Å². The molecule has 1 amide bonds. The van der Waals surface area contributed by atoms with E-state index in [4.69, 9.17) is 0 Å². The van der Waals surface area contributed by atoms with E-state index in [1.54, 1.807) is 4.68 Å². The summed E-state index contributed by atoms with van der Waals surface area (Å²) in [7, 11) is 0. The van der Waals surface area contributed by atoms with E-state index in [1.807, 2.05) is 40.8 Å². The van der Waals surface area contributed by atoms with Gasteiger partial charge in [-0.2, -0.15) is 0 Å². The van der Waals surface area contributed by atoms with Gasteiger partial charge in [-0.15, -0.1) is 5.10 Å². The predicted octanol–water partition coefficient (Wildman–Crippen LogP) is 1.86. The van der Waals surface area contributed by atoms with Gasteiger partial charge in [0, 0.05) is 5.92 Å². The van der Waals surface area contributed by atoms with Crippen LogP contribution in [0, 0.1) is 5.92 Å². The average molecular weight is 250 g/mol. The van der Waals surface area contributed by atoms with Crippen LogP contribution in [-0.2, 0) is 16.9 Å². The van der Waals surface area contributed by atoms with Gasteiger partial charge in [-0.1, -0.05) is 31.2 Å². The van der Waals surface area contributed by atoms with Crippen LogP contribution in [0.4, 0.5) is 0 Å². The van der Waals surface area contributed by atoms with E-state index in [0.29, 0.717) is 6.54 Å². The maximum atomic E-state index is 11.7. The van der Waals surface area contributed by atoms with Crippen molar-refractivity contribution in [3.05, 3.63) is 24.0 Å². The van der Waals surface area contributed by atoms with Crippen molar-refractivity contribution < 1.29 is 4.79 Å². The summed E-state index contributed by atoms with van der Waals surface area (Å²) in [5.41, 5.74) is 1.24. The Morgan fingerprint density at radius 3 is 2.67 bits per heavy atom. The lowest BCUT2D eigenvalue weighted by Gasteiger charge is -2.24. The molecular formula is C13H22N4O. The Hall–Kier alpha value is -1.65. The molecule has 0 fully saturated rings. The molecule has 100 valence electrons. The summed E-state index contributed by atoms with van der Waals surface area (Å²) in [6.07, 6.45) is 1.84. The van der Waals surface area contributed by atoms with Crippen molar-refractivity contribution in [1.29, 1.82) is 0 Å². The summed E-state index contributed by atoms with van der Waals surface area (Å²) in [6.45, 7) is 14.0. The molecule has 1 aromatic rings. The van der Waals surface area contributed by atoms with Gasteiger partial charge < -0.3 is 5.32 Å². The summed E-state index contributed by atoms with van der Waals surface area (Å²) in [5.74, 6) is -0.0378. The monoisotopic (exact) mass is 250 g/mol. The highest BCUT2D eigenvalue weighted by Gasteiger charge is 2.27. The Morgan fingerprint density at radius 1 is 1.56 bits per heavy atom. The number of carbonyl (C=O) groups excluding carboxylic acids is 1. The lowest BCUT2D eigenvalue weighted by atomic mass is 10.0. The van der Waals surface area contributed by atoms with Crippen LogP contribution in [0.15, 0.2) is 18.3 Å². The van der Waals surface area contributed by atoms with Crippen LogP contribution in [-0.4, -0.2) is 20.9 Å². The molecule has 0 bridgehead atoms. The number of nitrogens with one attached hydrogen (secondary N) is 1. The third-order valence-corrected chi connectivity index (χ3v) is 2.57. The number of allylic oxidation sites excluding steroid dienone is 1. The van der Waals surface area contributed by atoms with Gasteiger partial charge in [0.05, 0.1) is 18.3 Å². The lowest BCUT2D eigenvalue weighted by Crippen LogP contribution is -2.43. The second kappa shape index (κ2) is 5.33. The molecule has 0 aliphatic rings. The molecule has 5 nitrogen and oxygen atoms in total. The highest BCUT2D eigenvalue weighted by Crippen LogP contribution is 2.17. The van der Waals surface area contributed by atoms with Gasteiger partial charge in [-0.05, 0) is 20.8 Å². The Bertz CT molecular complexity index is 446. The van der Waals surface area contributed by atoms with Crippen molar-refractivity contribution in [1.82, 2.24) is 20.3 Å². The summed E-state index contributed by atoms with van der Waals surface area (Å²) in [5, 5.41) is 11.1. The third-order valence-electron chi connectivity index (χ3n) is 2.57. The van der Waals surface area contributed by atoms with Gasteiger partial charge in [-0.3, -0.25) is 4.79 Å². The van der Waals surface area contributed by atoms with Crippen LogP contribution in [0.25, 0.3) is 0 Å². The molecule has 0 unspecified atom stereocenters. The maximum absolute atomic E-state index is 11.7. The first-order valence-corrected chi connectivity index (χ1v) is 6.09. The van der Waals surface area contributed by atoms with E-state index < -0.39 is 5.54 Å². The molecule has 0 saturated heterocycles. The molecule has 0 saturated carbocycles. The number of nitrogens with zero attached hydrogens (tertiary/aromatic N) is 3. The molecule has 0 aliphatic heterocycles. The lowest BCUT2D eigenvalue weighted by molar-refractivity contribution is -0.125. The van der Waals surface area contributed by atoms with Crippen LogP contribution in [0.1, 0.15) is 40.3 Å². The zero-order valence-electron chi connectivity index (χ0n) is 11.8. The largest absolute Gasteiger partial charge is 0.345 e. The van der Waals surface area contributed by atoms with Crippen LogP contribution in [0.2, 0.25) is 0 Å². The van der Waals surface area contributed by atoms with Crippen molar-refractivity contribution in [3.8, 4) is 0 Å². The van der Waals surface area contributed by atoms with Crippen molar-refractivity contribution in [2.75, 3.05) is 0 Å². The molecule has 5 heteroatoms. The Labute approximate surface area is 108 Å². The minimum Gasteiger partial charge on any atom is -0.345 e. The molecule has 1 aromatic heterocycles. The van der Waals surface area contributed by atoms with E-state index in [1.165, 1.54) is 0 Å². The average Bonchev–Trinajstić information content (AvgIpc) is 2.64. The third kappa shape index (κ3) is 3.68. The van der Waals surface area contributed by atoms with Crippen molar-refractivity contribution >= 4 is 5.91 Å². The zero-order chi connectivity index (χ0) is 13.9. The summed E-state index contributed by atoms with van der Waals surface area (Å²) >= 11 is 0. The molecule has 0 radical (unpaired) electrons. The fraction of sp³-hybridized carbons (Fsp3) is 0.615. The first-order chi connectivity index (χ1) is 8.22. The Kier molecular flexibility index (Phi) is 4.27. The first-order valence-electron chi connectivity index (χ1n) is 6.09. The quantitative estimate of drug-likeness (QED) is 0.811. The molecule has 0 aliphatic carbocycles. The Balaban J connectivity index is 2.81. The standard InChI is InChI=1S/C13H22N4O/c1-9(2)7-17-8-11(15-16-17)13(5,6)14-12(18)10(3)4/h8,10H,1,7H2,2-6H3,(H,14,18). The van der Waals surface area contributed by atoms with Gasteiger partial charge in [0.25, 0.3) is 0 Å². The summed E-state index contributed by atoms with van der Waals surface area (Å²) in [6, 6.07) is 0. The van der Waals surface area contributed by atoms with E-state index in [-0.39, 0.29) is 11.8 Å². The molecule has 1 heterocycles. The number of carbonyl (C=O) groups is 1. The van der Waals surface area contributed by atoms with Crippen molar-refractivity contribution in [2.45, 2.75) is 46.7 Å². The van der Waals surface area contributed by atoms with Gasteiger partial charge in [-0.25, -0.2) is 4.68 Å². The smallest absolute Gasteiger partial charge is 0.223 e. The second-order valence-electron chi connectivity index (χ2n) is 5.53. The minimum absolute atomic E-state index is 0.00875. The SMILES string of the molecule is C=C(C)Cn1cc(C(C)(C)NC(=O)C(C)C)nn1. The maximum Gasteiger partial charge on any atom is 0.223 e. The van der Waals surface area contributed by atoms with Gasteiger partial charge in [0.1, 0.15) is 5.69 Å². The number of amides is 1. The number of hydrogen-bond acceptors (Lipinski definition) is 3. The number of aromatic nitrogens is 3. The van der Waals surface area contributed by atoms with E-state index in [0.717, 1.165) is 11.3 Å². The number of rotatable bonds is 5. The fourth-order valence-corrected chi connectivity index (χ4v) is 1.45. The van der Waals surface area contributed by atoms with E-state index in [2.05, 4.69) is 22.2 Å². The highest BCUT2D eigenvalue weighted by atomic mass is 16.2. The number of hydrogen-bond donors (Lipinski definition) is 1. The van der Waals surface area contributed by atoms with Gasteiger partial charge in [0.15, 0.2) is 0 Å². The topological polar surface area (TPSA) is 59.8 Å². The van der Waals surface area contributed by atoms with E-state index >= 15 is 0 Å². The summed E-state index contributed by atoms with van der Waals surface area (Å²) in [4.78, 5) is 11.7. The first kappa shape index (κ1) is 14.4. The highest BCUT2D eigenvalue weighted by molar-refractivity contribution is 5.78. The van der Waals surface area contributed by atoms with Crippen LogP contribution in [0.3, 0.4) is 0 Å². The molecule has 1 rings (SSSR count). The second-order valence-corrected chi connectivity index (χ2v) is 5.53. The normalized spacial score (nSPS) is 11.7. The summed E-state index contributed by atoms with van der Waals surface area (Å²) < 4.78 is 1.72. The van der Waals surface area contributed by atoms with Crippen LogP contribution >= 0.6 is 0 Å². The zero-order valence-corrected chi connectivity index (χ0v) is 11.8. The fourth-order valence-electron chi connectivity index (χ4n) is 1.45. The predicted molar refractivity (Wildman–Crippen MR) is 70.8 cm³/mol. The van der Waals surface area contributed by atoms with Gasteiger partial charge in [0.2, 0.25) is 5.91 Å².